The largest absolute Gasteiger partial charge is 0.462 e. The van der Waals surface area contributed by atoms with E-state index in [2.05, 4.69) is 9.69 Å². The summed E-state index contributed by atoms with van der Waals surface area (Å²) in [5.74, 6) is -0.459. The lowest BCUT2D eigenvalue weighted by Crippen LogP contribution is -2.41. The van der Waals surface area contributed by atoms with E-state index >= 15 is 0 Å². The lowest BCUT2D eigenvalue weighted by Gasteiger charge is -2.23. The average molecular weight is 314 g/mol. The molecule has 1 heterocycles. The number of likely N-dealkylation sites (N-methyl/N-ethyl adjacent to an activating group) is 1. The van der Waals surface area contributed by atoms with Crippen LogP contribution in [0.4, 0.5) is 10.8 Å². The Hall–Kier alpha value is -1.83. The summed E-state index contributed by atoms with van der Waals surface area (Å²) < 4.78 is 8.90. The maximum absolute atomic E-state index is 12.2. The van der Waals surface area contributed by atoms with Crippen molar-refractivity contribution in [1.82, 2.24) is 9.27 Å². The molecule has 0 saturated carbocycles. The third-order valence-electron chi connectivity index (χ3n) is 2.99. The molecule has 1 atom stereocenters. The molecule has 118 valence electrons. The molecule has 1 unspecified atom stereocenters. The zero-order valence-electron chi connectivity index (χ0n) is 12.8. The maximum atomic E-state index is 12.2. The number of rotatable bonds is 7. The highest BCUT2D eigenvalue weighted by molar-refractivity contribution is 7.11. The SMILES string of the molecule is CCOC(=O)c1c(N)nsc1NC(C)C(=O)N(CC)CC. The van der Waals surface area contributed by atoms with Crippen molar-refractivity contribution in [2.75, 3.05) is 30.7 Å². The Morgan fingerprint density at radius 3 is 2.52 bits per heavy atom. The van der Waals surface area contributed by atoms with Gasteiger partial charge in [0.05, 0.1) is 6.61 Å². The van der Waals surface area contributed by atoms with Crippen LogP contribution in [0.25, 0.3) is 0 Å². The van der Waals surface area contributed by atoms with Crippen molar-refractivity contribution in [2.24, 2.45) is 0 Å². The number of carbonyl (C=O) groups is 2. The van der Waals surface area contributed by atoms with E-state index in [1.807, 2.05) is 13.8 Å². The molecule has 1 rings (SSSR count). The third-order valence-corrected chi connectivity index (χ3v) is 3.78. The van der Waals surface area contributed by atoms with Crippen molar-refractivity contribution in [3.05, 3.63) is 5.56 Å². The van der Waals surface area contributed by atoms with Crippen LogP contribution in [0, 0.1) is 0 Å². The first kappa shape index (κ1) is 17.2. The number of hydrogen-bond donors (Lipinski definition) is 2. The van der Waals surface area contributed by atoms with Crippen LogP contribution in [0.2, 0.25) is 0 Å². The van der Waals surface area contributed by atoms with Gasteiger partial charge >= 0.3 is 5.97 Å². The van der Waals surface area contributed by atoms with E-state index in [1.54, 1.807) is 18.7 Å². The fraction of sp³-hybridized carbons (Fsp3) is 0.615. The van der Waals surface area contributed by atoms with Crippen molar-refractivity contribution in [3.8, 4) is 0 Å². The zero-order chi connectivity index (χ0) is 16.0. The number of anilines is 2. The molecule has 21 heavy (non-hydrogen) atoms. The van der Waals surface area contributed by atoms with Gasteiger partial charge in [-0.15, -0.1) is 0 Å². The van der Waals surface area contributed by atoms with Crippen molar-refractivity contribution in [3.63, 3.8) is 0 Å². The number of amides is 1. The first-order valence-corrected chi connectivity index (χ1v) is 7.71. The predicted molar refractivity (Wildman–Crippen MR) is 83.5 cm³/mol. The minimum Gasteiger partial charge on any atom is -0.462 e. The van der Waals surface area contributed by atoms with Crippen LogP contribution in [-0.2, 0) is 9.53 Å². The number of aromatic nitrogens is 1. The van der Waals surface area contributed by atoms with Crippen LogP contribution < -0.4 is 11.1 Å². The minimum absolute atomic E-state index is 0.0400. The molecule has 0 bridgehead atoms. The molecule has 1 amide bonds. The van der Waals surface area contributed by atoms with Crippen molar-refractivity contribution in [1.29, 1.82) is 0 Å². The van der Waals surface area contributed by atoms with Crippen LogP contribution in [0.1, 0.15) is 38.1 Å². The molecule has 0 aromatic carbocycles. The number of nitrogens with zero attached hydrogens (tertiary/aromatic N) is 2. The second-order valence-electron chi connectivity index (χ2n) is 4.37. The number of nitrogen functional groups attached to an aromatic ring is 1. The molecule has 0 aliphatic heterocycles. The minimum atomic E-state index is -0.534. The van der Waals surface area contributed by atoms with Crippen molar-refractivity contribution >= 4 is 34.2 Å². The second kappa shape index (κ2) is 7.82. The molecule has 0 saturated heterocycles. The van der Waals surface area contributed by atoms with Gasteiger partial charge in [0, 0.05) is 13.1 Å². The molecule has 1 aromatic rings. The Morgan fingerprint density at radius 2 is 2.00 bits per heavy atom. The molecule has 8 heteroatoms. The first-order chi connectivity index (χ1) is 9.96. The molecule has 0 aliphatic carbocycles. The lowest BCUT2D eigenvalue weighted by molar-refractivity contribution is -0.131. The Bertz CT molecular complexity index is 500. The van der Waals surface area contributed by atoms with Gasteiger partial charge in [0.25, 0.3) is 0 Å². The van der Waals surface area contributed by atoms with Crippen LogP contribution >= 0.6 is 11.5 Å². The second-order valence-corrected chi connectivity index (χ2v) is 5.14. The summed E-state index contributed by atoms with van der Waals surface area (Å²) in [5.41, 5.74) is 5.90. The van der Waals surface area contributed by atoms with Crippen molar-refractivity contribution in [2.45, 2.75) is 33.7 Å². The van der Waals surface area contributed by atoms with Crippen LogP contribution in [0.5, 0.6) is 0 Å². The average Bonchev–Trinajstić information content (AvgIpc) is 2.81. The van der Waals surface area contributed by atoms with Gasteiger partial charge in [-0.25, -0.2) is 4.79 Å². The van der Waals surface area contributed by atoms with E-state index in [4.69, 9.17) is 10.5 Å². The highest BCUT2D eigenvalue weighted by Crippen LogP contribution is 2.28. The van der Waals surface area contributed by atoms with Gasteiger partial charge in [-0.3, -0.25) is 4.79 Å². The van der Waals surface area contributed by atoms with Gasteiger partial charge in [0.2, 0.25) is 5.91 Å². The summed E-state index contributed by atoms with van der Waals surface area (Å²) in [4.78, 5) is 25.8. The van der Waals surface area contributed by atoms with Gasteiger partial charge in [-0.1, -0.05) is 0 Å². The standard InChI is InChI=1S/C13H22N4O3S/c1-5-17(6-2)12(18)8(4)15-11-9(10(14)16-21-11)13(19)20-7-3/h8,15H,5-7H2,1-4H3,(H2,14,16). The van der Waals surface area contributed by atoms with E-state index in [-0.39, 0.29) is 23.9 Å². The van der Waals surface area contributed by atoms with E-state index in [0.29, 0.717) is 18.1 Å². The van der Waals surface area contributed by atoms with Gasteiger partial charge in [0.15, 0.2) is 5.82 Å². The summed E-state index contributed by atoms with van der Waals surface area (Å²) >= 11 is 1.05. The summed E-state index contributed by atoms with van der Waals surface area (Å²) in [6.45, 7) is 8.82. The zero-order valence-corrected chi connectivity index (χ0v) is 13.6. The summed E-state index contributed by atoms with van der Waals surface area (Å²) in [6, 6.07) is -0.474. The number of carbonyl (C=O) groups excluding carboxylic acids is 2. The molecule has 0 aliphatic rings. The lowest BCUT2D eigenvalue weighted by atomic mass is 10.2. The van der Waals surface area contributed by atoms with Crippen LogP contribution in [0.3, 0.4) is 0 Å². The Morgan fingerprint density at radius 1 is 1.38 bits per heavy atom. The van der Waals surface area contributed by atoms with Gasteiger partial charge in [-0.2, -0.15) is 4.37 Å². The third kappa shape index (κ3) is 4.07. The summed E-state index contributed by atoms with van der Waals surface area (Å²) in [7, 11) is 0. The molecule has 3 N–H and O–H groups in total. The van der Waals surface area contributed by atoms with Crippen LogP contribution in [-0.4, -0.2) is 46.9 Å². The Kier molecular flexibility index (Phi) is 6.41. The maximum Gasteiger partial charge on any atom is 0.344 e. The van der Waals surface area contributed by atoms with Gasteiger partial charge < -0.3 is 20.7 Å². The van der Waals surface area contributed by atoms with E-state index < -0.39 is 12.0 Å². The van der Waals surface area contributed by atoms with E-state index in [9.17, 15) is 9.59 Å². The van der Waals surface area contributed by atoms with Crippen LogP contribution in [0.15, 0.2) is 0 Å². The quantitative estimate of drug-likeness (QED) is 0.741. The monoisotopic (exact) mass is 314 g/mol. The fourth-order valence-electron chi connectivity index (χ4n) is 1.87. The normalized spacial score (nSPS) is 11.8. The number of nitrogens with one attached hydrogen (secondary N) is 1. The molecule has 1 aromatic heterocycles. The highest BCUT2D eigenvalue weighted by Gasteiger charge is 2.24. The van der Waals surface area contributed by atoms with Gasteiger partial charge in [-0.05, 0) is 39.2 Å². The summed E-state index contributed by atoms with van der Waals surface area (Å²) in [5, 5.41) is 3.46. The van der Waals surface area contributed by atoms with E-state index in [0.717, 1.165) is 11.5 Å². The topological polar surface area (TPSA) is 97.5 Å². The molecule has 0 fully saturated rings. The number of nitrogens with two attached hydrogens (primary N) is 1. The molecule has 0 spiro atoms. The first-order valence-electron chi connectivity index (χ1n) is 6.93. The summed E-state index contributed by atoms with van der Waals surface area (Å²) in [6.07, 6.45) is 0. The highest BCUT2D eigenvalue weighted by atomic mass is 32.1. The smallest absolute Gasteiger partial charge is 0.344 e. The van der Waals surface area contributed by atoms with E-state index in [1.165, 1.54) is 0 Å². The molecular weight excluding hydrogens is 292 g/mol. The number of esters is 1. The van der Waals surface area contributed by atoms with Crippen molar-refractivity contribution < 1.29 is 14.3 Å². The Balaban J connectivity index is 2.88. The van der Waals surface area contributed by atoms with Gasteiger partial charge in [0.1, 0.15) is 16.6 Å². The Labute approximate surface area is 128 Å². The molecule has 0 radical (unpaired) electrons. The predicted octanol–water partition coefficient (Wildman–Crippen LogP) is 1.57. The number of ether oxygens (including phenoxy) is 1. The molecule has 7 nitrogen and oxygen atoms in total. The molecular formula is C13H22N4O3S. The number of hydrogen-bond acceptors (Lipinski definition) is 7. The fourth-order valence-corrected chi connectivity index (χ4v) is 2.66.